The summed E-state index contributed by atoms with van der Waals surface area (Å²) >= 11 is 1.66. The molecule has 1 aromatic heterocycles. The van der Waals surface area contributed by atoms with Gasteiger partial charge in [-0.25, -0.2) is 4.98 Å². The maximum Gasteiger partial charge on any atom is 0.292 e. The van der Waals surface area contributed by atoms with E-state index in [2.05, 4.69) is 32.9 Å². The number of hydrogen-bond acceptors (Lipinski definition) is 6. The zero-order valence-corrected chi connectivity index (χ0v) is 15.3. The van der Waals surface area contributed by atoms with Crippen molar-refractivity contribution in [2.45, 2.75) is 20.4 Å². The van der Waals surface area contributed by atoms with Crippen molar-refractivity contribution in [3.63, 3.8) is 0 Å². The van der Waals surface area contributed by atoms with E-state index in [1.54, 1.807) is 36.6 Å². The molecule has 1 heterocycles. The van der Waals surface area contributed by atoms with Crippen LogP contribution in [0.2, 0.25) is 0 Å². The first kappa shape index (κ1) is 18.7. The summed E-state index contributed by atoms with van der Waals surface area (Å²) in [4.78, 5) is 20.4. The molecule has 2 rings (SSSR count). The fourth-order valence-electron chi connectivity index (χ4n) is 2.16. The largest absolute Gasteiger partial charge is 0.378 e. The first-order valence-electron chi connectivity index (χ1n) is 7.86. The van der Waals surface area contributed by atoms with Crippen LogP contribution in [-0.4, -0.2) is 36.0 Å². The lowest BCUT2D eigenvalue weighted by atomic mass is 10.2. The predicted octanol–water partition coefficient (Wildman–Crippen LogP) is 2.45. The van der Waals surface area contributed by atoms with Crippen LogP contribution < -0.4 is 16.0 Å². The molecule has 8 nitrogen and oxygen atoms in total. The minimum absolute atomic E-state index is 0.0690. The number of aryl methyl sites for hydroxylation is 2. The van der Waals surface area contributed by atoms with E-state index in [0.717, 1.165) is 10.7 Å². The molecule has 0 aliphatic rings. The highest BCUT2D eigenvalue weighted by Crippen LogP contribution is 2.22. The minimum atomic E-state index is -0.395. The van der Waals surface area contributed by atoms with Crippen molar-refractivity contribution in [3.05, 3.63) is 50.0 Å². The lowest BCUT2D eigenvalue weighted by Crippen LogP contribution is -2.39. The van der Waals surface area contributed by atoms with Crippen LogP contribution in [0.4, 0.5) is 11.4 Å². The van der Waals surface area contributed by atoms with Crippen molar-refractivity contribution in [2.75, 3.05) is 25.5 Å². The van der Waals surface area contributed by atoms with Crippen LogP contribution in [0.3, 0.4) is 0 Å². The third kappa shape index (κ3) is 5.42. The highest BCUT2D eigenvalue weighted by Gasteiger charge is 2.11. The average molecular weight is 362 g/mol. The van der Waals surface area contributed by atoms with E-state index in [1.807, 2.05) is 6.92 Å². The Morgan fingerprint density at radius 1 is 1.28 bits per heavy atom. The molecule has 0 radical (unpaired) electrons. The van der Waals surface area contributed by atoms with Crippen molar-refractivity contribution in [3.8, 4) is 0 Å². The number of rotatable bonds is 7. The molecule has 134 valence electrons. The quantitative estimate of drug-likeness (QED) is 0.230. The SMILES string of the molecule is CN=C(NCCNc1ccccc1[N+](=O)[O-])NCc1nc(C)c(C)s1. The molecule has 0 aliphatic carbocycles. The van der Waals surface area contributed by atoms with Gasteiger partial charge in [0.15, 0.2) is 5.96 Å². The van der Waals surface area contributed by atoms with Crippen LogP contribution in [0, 0.1) is 24.0 Å². The topological polar surface area (TPSA) is 104 Å². The number of para-hydroxylation sites is 2. The van der Waals surface area contributed by atoms with Gasteiger partial charge in [0.1, 0.15) is 10.7 Å². The molecule has 25 heavy (non-hydrogen) atoms. The van der Waals surface area contributed by atoms with E-state index in [1.165, 1.54) is 10.9 Å². The Bertz CT molecular complexity index is 739. The first-order valence-corrected chi connectivity index (χ1v) is 8.67. The number of nitro benzene ring substituents is 1. The van der Waals surface area contributed by atoms with Crippen molar-refractivity contribution in [1.82, 2.24) is 15.6 Å². The molecule has 3 N–H and O–H groups in total. The fourth-order valence-corrected chi connectivity index (χ4v) is 3.03. The summed E-state index contributed by atoms with van der Waals surface area (Å²) < 4.78 is 0. The van der Waals surface area contributed by atoms with Gasteiger partial charge < -0.3 is 16.0 Å². The number of nitrogens with zero attached hydrogens (tertiary/aromatic N) is 3. The number of aliphatic imine (C=N–C) groups is 1. The molecule has 9 heteroatoms. The highest BCUT2D eigenvalue weighted by molar-refractivity contribution is 7.11. The number of hydrogen-bond donors (Lipinski definition) is 3. The summed E-state index contributed by atoms with van der Waals surface area (Å²) in [5.74, 6) is 0.662. The number of guanidine groups is 1. The van der Waals surface area contributed by atoms with E-state index in [-0.39, 0.29) is 5.69 Å². The van der Waals surface area contributed by atoms with Crippen LogP contribution in [0.5, 0.6) is 0 Å². The molecule has 0 saturated carbocycles. The van der Waals surface area contributed by atoms with Gasteiger partial charge in [-0.05, 0) is 19.9 Å². The Morgan fingerprint density at radius 3 is 2.68 bits per heavy atom. The zero-order chi connectivity index (χ0) is 18.2. The third-order valence-corrected chi connectivity index (χ3v) is 4.61. The Labute approximate surface area is 150 Å². The second-order valence-corrected chi connectivity index (χ2v) is 6.59. The lowest BCUT2D eigenvalue weighted by Gasteiger charge is -2.12. The predicted molar refractivity (Wildman–Crippen MR) is 101 cm³/mol. The lowest BCUT2D eigenvalue weighted by molar-refractivity contribution is -0.384. The zero-order valence-electron chi connectivity index (χ0n) is 14.5. The Hall–Kier alpha value is -2.68. The van der Waals surface area contributed by atoms with Crippen LogP contribution in [0.15, 0.2) is 29.3 Å². The van der Waals surface area contributed by atoms with E-state index in [9.17, 15) is 10.1 Å². The van der Waals surface area contributed by atoms with Gasteiger partial charge >= 0.3 is 0 Å². The maximum atomic E-state index is 11.0. The van der Waals surface area contributed by atoms with Crippen LogP contribution in [-0.2, 0) is 6.54 Å². The summed E-state index contributed by atoms with van der Waals surface area (Å²) in [6, 6.07) is 6.59. The van der Waals surface area contributed by atoms with Gasteiger partial charge in [0.05, 0.1) is 17.2 Å². The molecule has 0 atom stereocenters. The number of nitro groups is 1. The van der Waals surface area contributed by atoms with Crippen LogP contribution in [0.25, 0.3) is 0 Å². The number of nitrogens with one attached hydrogen (secondary N) is 3. The summed E-state index contributed by atoms with van der Waals surface area (Å²) in [7, 11) is 1.70. The van der Waals surface area contributed by atoms with Gasteiger partial charge in [-0.15, -0.1) is 11.3 Å². The smallest absolute Gasteiger partial charge is 0.292 e. The first-order chi connectivity index (χ1) is 12.0. The molecule has 0 unspecified atom stereocenters. The molecule has 0 aliphatic heterocycles. The maximum absolute atomic E-state index is 11.0. The number of aromatic nitrogens is 1. The molecule has 0 saturated heterocycles. The standard InChI is InChI=1S/C16H22N6O2S/c1-11-12(2)25-15(21-11)10-20-16(17-3)19-9-8-18-13-6-4-5-7-14(13)22(23)24/h4-7,18H,8-10H2,1-3H3,(H2,17,19,20). The van der Waals surface area contributed by atoms with Gasteiger partial charge in [0, 0.05) is 31.1 Å². The van der Waals surface area contributed by atoms with Gasteiger partial charge in [0.2, 0.25) is 0 Å². The molecule has 1 aromatic carbocycles. The second kappa shape index (κ2) is 8.97. The number of anilines is 1. The van der Waals surface area contributed by atoms with Crippen LogP contribution in [0.1, 0.15) is 15.6 Å². The summed E-state index contributed by atoms with van der Waals surface area (Å²) in [5.41, 5.74) is 1.63. The van der Waals surface area contributed by atoms with Crippen molar-refractivity contribution in [1.29, 1.82) is 0 Å². The Kier molecular flexibility index (Phi) is 6.70. The summed E-state index contributed by atoms with van der Waals surface area (Å²) in [6.45, 7) is 5.76. The highest BCUT2D eigenvalue weighted by atomic mass is 32.1. The molecule has 2 aromatic rings. The fraction of sp³-hybridized carbons (Fsp3) is 0.375. The number of thiazole rings is 1. The Morgan fingerprint density at radius 2 is 2.04 bits per heavy atom. The van der Waals surface area contributed by atoms with Gasteiger partial charge in [0.25, 0.3) is 5.69 Å². The normalized spacial score (nSPS) is 11.2. The van der Waals surface area contributed by atoms with E-state index in [4.69, 9.17) is 0 Å². The third-order valence-electron chi connectivity index (χ3n) is 3.54. The second-order valence-electron chi connectivity index (χ2n) is 5.30. The molecular weight excluding hydrogens is 340 g/mol. The minimum Gasteiger partial charge on any atom is -0.378 e. The van der Waals surface area contributed by atoms with Gasteiger partial charge in [-0.1, -0.05) is 12.1 Å². The van der Waals surface area contributed by atoms with Crippen LogP contribution >= 0.6 is 11.3 Å². The average Bonchev–Trinajstić information content (AvgIpc) is 2.92. The summed E-state index contributed by atoms with van der Waals surface area (Å²) in [5, 5.41) is 21.4. The monoisotopic (exact) mass is 362 g/mol. The molecular formula is C16H22N6O2S. The van der Waals surface area contributed by atoms with Crippen molar-refractivity contribution < 1.29 is 4.92 Å². The number of benzene rings is 1. The van der Waals surface area contributed by atoms with Gasteiger partial charge in [-0.3, -0.25) is 15.1 Å². The summed E-state index contributed by atoms with van der Waals surface area (Å²) in [6.07, 6.45) is 0. The Balaban J connectivity index is 1.77. The molecule has 0 spiro atoms. The van der Waals surface area contributed by atoms with Crippen molar-refractivity contribution >= 4 is 28.7 Å². The van der Waals surface area contributed by atoms with E-state index < -0.39 is 4.92 Å². The molecule has 0 amide bonds. The molecule has 0 fully saturated rings. The van der Waals surface area contributed by atoms with Gasteiger partial charge in [-0.2, -0.15) is 0 Å². The van der Waals surface area contributed by atoms with E-state index >= 15 is 0 Å². The molecule has 0 bridgehead atoms. The van der Waals surface area contributed by atoms with E-state index in [0.29, 0.717) is 31.3 Å². The van der Waals surface area contributed by atoms with Crippen molar-refractivity contribution in [2.24, 2.45) is 4.99 Å².